The number of hydrogen-bond donors (Lipinski definition) is 1. The summed E-state index contributed by atoms with van der Waals surface area (Å²) in [6.07, 6.45) is 1.36. The summed E-state index contributed by atoms with van der Waals surface area (Å²) in [7, 11) is 0. The highest BCUT2D eigenvalue weighted by Crippen LogP contribution is 2.21. The molecule has 0 aliphatic carbocycles. The molecule has 6 heteroatoms. The van der Waals surface area contributed by atoms with Gasteiger partial charge in [-0.25, -0.2) is 0 Å². The Morgan fingerprint density at radius 1 is 1.03 bits per heavy atom. The molecule has 0 radical (unpaired) electrons. The van der Waals surface area contributed by atoms with Gasteiger partial charge in [0.1, 0.15) is 12.1 Å². The van der Waals surface area contributed by atoms with Crippen LogP contribution in [0.15, 0.2) is 60.7 Å². The van der Waals surface area contributed by atoms with E-state index >= 15 is 0 Å². The zero-order valence-corrected chi connectivity index (χ0v) is 18.8. The smallest absolute Gasteiger partial charge is 0.243 e. The number of carbonyl (C=O) groups excluding carboxylic acids is 3. The van der Waals surface area contributed by atoms with Crippen molar-refractivity contribution in [2.75, 3.05) is 13.2 Å². The number of aryl methyl sites for hydroxylation is 1. The Morgan fingerprint density at radius 2 is 1.66 bits per heavy atom. The molecule has 1 aliphatic heterocycles. The first-order valence-electron chi connectivity index (χ1n) is 11.2. The molecule has 0 saturated carbocycles. The molecule has 0 bridgehead atoms. The number of ketones is 1. The van der Waals surface area contributed by atoms with Gasteiger partial charge in [0.25, 0.3) is 0 Å². The number of benzene rings is 2. The van der Waals surface area contributed by atoms with Crippen LogP contribution in [-0.2, 0) is 32.1 Å². The Labute approximate surface area is 189 Å². The molecule has 1 heterocycles. The normalized spacial score (nSPS) is 17.3. The van der Waals surface area contributed by atoms with Crippen molar-refractivity contribution in [2.24, 2.45) is 5.92 Å². The Bertz CT molecular complexity index is 899. The van der Waals surface area contributed by atoms with Gasteiger partial charge in [-0.15, -0.1) is 0 Å². The topological polar surface area (TPSA) is 75.7 Å². The number of nitrogens with zero attached hydrogens (tertiary/aromatic N) is 1. The molecule has 2 aromatic carbocycles. The number of hydrogen-bond acceptors (Lipinski definition) is 4. The first-order chi connectivity index (χ1) is 15.5. The van der Waals surface area contributed by atoms with Crippen molar-refractivity contribution >= 4 is 17.6 Å². The SMILES string of the molecule is CC(C)C[C@H]1C(=O)NCC(=O)N1C(COCc1ccccc1)C(=O)CCc1ccccc1. The molecule has 2 amide bonds. The summed E-state index contributed by atoms with van der Waals surface area (Å²) in [5.41, 5.74) is 2.05. The summed E-state index contributed by atoms with van der Waals surface area (Å²) in [6, 6.07) is 18.0. The van der Waals surface area contributed by atoms with E-state index in [0.29, 0.717) is 19.4 Å². The predicted molar refractivity (Wildman–Crippen MR) is 123 cm³/mol. The van der Waals surface area contributed by atoms with Crippen LogP contribution in [0.25, 0.3) is 0 Å². The Kier molecular flexibility index (Phi) is 8.56. The molecule has 1 saturated heterocycles. The zero-order valence-electron chi connectivity index (χ0n) is 18.8. The summed E-state index contributed by atoms with van der Waals surface area (Å²) in [5, 5.41) is 2.67. The largest absolute Gasteiger partial charge is 0.374 e. The average molecular weight is 437 g/mol. The molecular formula is C26H32N2O4. The molecule has 170 valence electrons. The van der Waals surface area contributed by atoms with Gasteiger partial charge >= 0.3 is 0 Å². The van der Waals surface area contributed by atoms with E-state index in [0.717, 1.165) is 11.1 Å². The number of amides is 2. The van der Waals surface area contributed by atoms with Crippen LogP contribution in [0.4, 0.5) is 0 Å². The van der Waals surface area contributed by atoms with Crippen LogP contribution in [0, 0.1) is 5.92 Å². The molecular weight excluding hydrogens is 404 g/mol. The molecule has 0 aromatic heterocycles. The lowest BCUT2D eigenvalue weighted by Gasteiger charge is -2.40. The molecule has 1 unspecified atom stereocenters. The van der Waals surface area contributed by atoms with Gasteiger partial charge in [-0.05, 0) is 29.9 Å². The minimum atomic E-state index is -0.787. The van der Waals surface area contributed by atoms with E-state index in [9.17, 15) is 14.4 Å². The molecule has 2 aromatic rings. The molecule has 1 fully saturated rings. The first kappa shape index (κ1) is 23.7. The van der Waals surface area contributed by atoms with Gasteiger partial charge in [-0.2, -0.15) is 0 Å². The lowest BCUT2D eigenvalue weighted by Crippen LogP contribution is -2.64. The summed E-state index contributed by atoms with van der Waals surface area (Å²) in [4.78, 5) is 40.3. The fourth-order valence-electron chi connectivity index (χ4n) is 4.00. The molecule has 32 heavy (non-hydrogen) atoms. The highest BCUT2D eigenvalue weighted by atomic mass is 16.5. The standard InChI is InChI=1S/C26H32N2O4/c1-19(2)15-22-26(31)27-16-25(30)28(22)23(18-32-17-21-11-7-4-8-12-21)24(29)14-13-20-9-5-3-6-10-20/h3-12,19,22-23H,13-18H2,1-2H3,(H,27,31)/t22-,23?/m0/s1. The molecule has 2 atom stereocenters. The second kappa shape index (κ2) is 11.6. The van der Waals surface area contributed by atoms with Crippen molar-refractivity contribution in [1.29, 1.82) is 0 Å². The van der Waals surface area contributed by atoms with Gasteiger partial charge in [-0.1, -0.05) is 74.5 Å². The van der Waals surface area contributed by atoms with Crippen LogP contribution in [0.2, 0.25) is 0 Å². The van der Waals surface area contributed by atoms with E-state index in [-0.39, 0.29) is 43.1 Å². The fourth-order valence-corrected chi connectivity index (χ4v) is 4.00. The van der Waals surface area contributed by atoms with Crippen LogP contribution < -0.4 is 5.32 Å². The van der Waals surface area contributed by atoms with Gasteiger partial charge in [0, 0.05) is 6.42 Å². The second-order valence-corrected chi connectivity index (χ2v) is 8.63. The number of piperazine rings is 1. The zero-order chi connectivity index (χ0) is 22.9. The van der Waals surface area contributed by atoms with Gasteiger partial charge in [0.05, 0.1) is 19.8 Å². The minimum absolute atomic E-state index is 0.0656. The maximum absolute atomic E-state index is 13.3. The lowest BCUT2D eigenvalue weighted by molar-refractivity contribution is -0.154. The van der Waals surface area contributed by atoms with E-state index in [4.69, 9.17) is 4.74 Å². The monoisotopic (exact) mass is 436 g/mol. The van der Waals surface area contributed by atoms with E-state index in [1.165, 1.54) is 4.90 Å². The number of Topliss-reactive ketones (excluding diaryl/α,β-unsaturated/α-hetero) is 1. The summed E-state index contributed by atoms with van der Waals surface area (Å²) >= 11 is 0. The number of carbonyl (C=O) groups is 3. The third-order valence-corrected chi connectivity index (χ3v) is 5.63. The fraction of sp³-hybridized carbons (Fsp3) is 0.423. The lowest BCUT2D eigenvalue weighted by atomic mass is 9.95. The van der Waals surface area contributed by atoms with Gasteiger partial charge in [0.15, 0.2) is 5.78 Å². The minimum Gasteiger partial charge on any atom is -0.374 e. The summed E-state index contributed by atoms with van der Waals surface area (Å²) < 4.78 is 5.90. The van der Waals surface area contributed by atoms with Gasteiger partial charge in [0.2, 0.25) is 11.8 Å². The molecule has 1 aliphatic rings. The molecule has 1 N–H and O–H groups in total. The van der Waals surface area contributed by atoms with Crippen molar-refractivity contribution in [3.63, 3.8) is 0 Å². The Balaban J connectivity index is 1.77. The van der Waals surface area contributed by atoms with Gasteiger partial charge in [-0.3, -0.25) is 14.4 Å². The third-order valence-electron chi connectivity index (χ3n) is 5.63. The highest BCUT2D eigenvalue weighted by molar-refractivity contribution is 5.98. The highest BCUT2D eigenvalue weighted by Gasteiger charge is 2.41. The van der Waals surface area contributed by atoms with Crippen molar-refractivity contribution in [3.05, 3.63) is 71.8 Å². The summed E-state index contributed by atoms with van der Waals surface area (Å²) in [6.45, 7) is 4.32. The van der Waals surface area contributed by atoms with Crippen LogP contribution >= 0.6 is 0 Å². The Hall–Kier alpha value is -2.99. The maximum Gasteiger partial charge on any atom is 0.243 e. The van der Waals surface area contributed by atoms with E-state index in [2.05, 4.69) is 5.32 Å². The summed E-state index contributed by atoms with van der Waals surface area (Å²) in [5.74, 6) is -0.331. The molecule has 0 spiro atoms. The number of rotatable bonds is 11. The molecule has 3 rings (SSSR count). The van der Waals surface area contributed by atoms with Crippen LogP contribution in [-0.4, -0.2) is 47.7 Å². The third kappa shape index (κ3) is 6.50. The van der Waals surface area contributed by atoms with Crippen LogP contribution in [0.5, 0.6) is 0 Å². The number of ether oxygens (including phenoxy) is 1. The quantitative estimate of drug-likeness (QED) is 0.587. The van der Waals surface area contributed by atoms with Crippen molar-refractivity contribution in [1.82, 2.24) is 10.2 Å². The van der Waals surface area contributed by atoms with Crippen molar-refractivity contribution in [2.45, 2.75) is 51.8 Å². The van der Waals surface area contributed by atoms with E-state index in [1.54, 1.807) is 0 Å². The Morgan fingerprint density at radius 3 is 2.28 bits per heavy atom. The molecule has 6 nitrogen and oxygen atoms in total. The average Bonchev–Trinajstić information content (AvgIpc) is 2.79. The first-order valence-corrected chi connectivity index (χ1v) is 11.2. The predicted octanol–water partition coefficient (Wildman–Crippen LogP) is 3.15. The number of nitrogens with one attached hydrogen (secondary N) is 1. The van der Waals surface area contributed by atoms with Crippen molar-refractivity contribution < 1.29 is 19.1 Å². The maximum atomic E-state index is 13.3. The van der Waals surface area contributed by atoms with E-state index < -0.39 is 12.1 Å². The van der Waals surface area contributed by atoms with Gasteiger partial charge < -0.3 is 15.0 Å². The van der Waals surface area contributed by atoms with Crippen LogP contribution in [0.1, 0.15) is 37.8 Å². The van der Waals surface area contributed by atoms with Crippen molar-refractivity contribution in [3.8, 4) is 0 Å². The van der Waals surface area contributed by atoms with Crippen LogP contribution in [0.3, 0.4) is 0 Å². The van der Waals surface area contributed by atoms with E-state index in [1.807, 2.05) is 74.5 Å². The second-order valence-electron chi connectivity index (χ2n) is 8.63.